The van der Waals surface area contributed by atoms with Gasteiger partial charge >= 0.3 is 0 Å². The maximum atomic E-state index is 12.6. The Kier molecular flexibility index (Phi) is 5.40. The molecule has 9 nitrogen and oxygen atoms in total. The van der Waals surface area contributed by atoms with Crippen LogP contribution in [-0.2, 0) is 12.8 Å². The molecule has 0 saturated heterocycles. The van der Waals surface area contributed by atoms with Crippen LogP contribution in [0.4, 0.5) is 39.8 Å². The van der Waals surface area contributed by atoms with Crippen molar-refractivity contribution in [3.63, 3.8) is 0 Å². The summed E-state index contributed by atoms with van der Waals surface area (Å²) in [7, 11) is 4.14. The van der Waals surface area contributed by atoms with Gasteiger partial charge in [0.1, 0.15) is 0 Å². The first kappa shape index (κ1) is 27.9. The standard InChI is InChI=1S/C39H39N7O2/c1-44-16-45(2)36-19-4-3-5-20(40)27(19)32(30-23(43)10-11-24(44)31(30)36)34-38(47)35(39(34)48)33-28-21(41)8-6-17-12-14-46-15-13-18-7-9-22(42)29(33)26(18)37(46)25(17)28/h3-11,34-35,38-39,47-48H,12-16,40-43H2,1-2H3. The van der Waals surface area contributed by atoms with E-state index in [1.54, 1.807) is 0 Å². The van der Waals surface area contributed by atoms with Gasteiger partial charge in [-0.05, 0) is 65.4 Å². The van der Waals surface area contributed by atoms with Gasteiger partial charge in [0.25, 0.3) is 0 Å². The van der Waals surface area contributed by atoms with Crippen LogP contribution < -0.4 is 37.6 Å². The molecule has 9 heteroatoms. The predicted octanol–water partition coefficient (Wildman–Crippen LogP) is 4.99. The highest BCUT2D eigenvalue weighted by atomic mass is 16.3. The number of nitrogens with zero attached hydrogens (tertiary/aromatic N) is 3. The van der Waals surface area contributed by atoms with E-state index >= 15 is 0 Å². The lowest BCUT2D eigenvalue weighted by atomic mass is 9.60. The van der Waals surface area contributed by atoms with E-state index in [2.05, 4.69) is 53.1 Å². The summed E-state index contributed by atoms with van der Waals surface area (Å²) in [6, 6.07) is 18.2. The van der Waals surface area contributed by atoms with Crippen molar-refractivity contribution in [2.75, 3.05) is 71.5 Å². The van der Waals surface area contributed by atoms with Gasteiger partial charge in [-0.3, -0.25) is 0 Å². The topological polar surface area (TPSA) is 154 Å². The second-order valence-corrected chi connectivity index (χ2v) is 14.4. The first-order chi connectivity index (χ1) is 23.2. The number of anilines is 7. The molecule has 2 atom stereocenters. The molecule has 1 fully saturated rings. The van der Waals surface area contributed by atoms with Gasteiger partial charge in [-0.15, -0.1) is 0 Å². The van der Waals surface area contributed by atoms with Crippen LogP contribution >= 0.6 is 0 Å². The van der Waals surface area contributed by atoms with Crippen molar-refractivity contribution in [2.45, 2.75) is 36.9 Å². The van der Waals surface area contributed by atoms with Crippen LogP contribution in [0.2, 0.25) is 0 Å². The fraction of sp³-hybridized carbons (Fsp3) is 0.282. The highest BCUT2D eigenvalue weighted by Gasteiger charge is 2.54. The van der Waals surface area contributed by atoms with E-state index in [-0.39, 0.29) is 0 Å². The number of benzene rings is 6. The van der Waals surface area contributed by atoms with Crippen LogP contribution in [0.15, 0.2) is 54.6 Å². The third-order valence-corrected chi connectivity index (χ3v) is 12.0. The molecular weight excluding hydrogens is 598 g/mol. The van der Waals surface area contributed by atoms with Gasteiger partial charge in [-0.25, -0.2) is 0 Å². The minimum Gasteiger partial charge on any atom is -0.398 e. The molecule has 3 heterocycles. The molecule has 1 saturated carbocycles. The molecule has 6 aromatic carbocycles. The van der Waals surface area contributed by atoms with Gasteiger partial charge in [0.05, 0.1) is 30.3 Å². The van der Waals surface area contributed by atoms with Gasteiger partial charge < -0.3 is 47.8 Å². The number of rotatable bonds is 2. The average molecular weight is 638 g/mol. The Labute approximate surface area is 277 Å². The Bertz CT molecular complexity index is 2360. The van der Waals surface area contributed by atoms with E-state index in [0.29, 0.717) is 29.4 Å². The van der Waals surface area contributed by atoms with Gasteiger partial charge in [0.15, 0.2) is 0 Å². The van der Waals surface area contributed by atoms with Crippen molar-refractivity contribution >= 4 is 82.9 Å². The molecule has 6 aromatic rings. The number of aliphatic hydroxyl groups excluding tert-OH is 2. The lowest BCUT2D eigenvalue weighted by Gasteiger charge is -2.50. The van der Waals surface area contributed by atoms with Crippen LogP contribution in [-0.4, -0.2) is 56.3 Å². The van der Waals surface area contributed by atoms with Gasteiger partial charge in [0.2, 0.25) is 0 Å². The molecule has 0 bridgehead atoms. The van der Waals surface area contributed by atoms with Crippen molar-refractivity contribution in [3.8, 4) is 0 Å². The average Bonchev–Trinajstić information content (AvgIpc) is 3.06. The largest absolute Gasteiger partial charge is 0.398 e. The fourth-order valence-electron chi connectivity index (χ4n) is 9.97. The van der Waals surface area contributed by atoms with E-state index in [1.165, 1.54) is 16.8 Å². The molecule has 10 rings (SSSR count). The summed E-state index contributed by atoms with van der Waals surface area (Å²) in [5, 5.41) is 32.8. The number of nitrogen functional groups attached to an aromatic ring is 4. The summed E-state index contributed by atoms with van der Waals surface area (Å²) < 4.78 is 0. The van der Waals surface area contributed by atoms with E-state index < -0.39 is 24.0 Å². The third-order valence-electron chi connectivity index (χ3n) is 12.0. The number of hydrogen-bond acceptors (Lipinski definition) is 9. The minimum atomic E-state index is -0.955. The normalized spacial score (nSPS) is 22.8. The van der Waals surface area contributed by atoms with Crippen LogP contribution in [0, 0.1) is 0 Å². The summed E-state index contributed by atoms with van der Waals surface area (Å²) >= 11 is 0. The molecular formula is C39H39N7O2. The van der Waals surface area contributed by atoms with Gasteiger partial charge in [0, 0.05) is 111 Å². The molecule has 1 aliphatic carbocycles. The summed E-state index contributed by atoms with van der Waals surface area (Å²) in [4.78, 5) is 6.88. The molecule has 0 amide bonds. The predicted molar refractivity (Wildman–Crippen MR) is 199 cm³/mol. The molecule has 0 spiro atoms. The molecule has 48 heavy (non-hydrogen) atoms. The van der Waals surface area contributed by atoms with Crippen molar-refractivity contribution < 1.29 is 10.2 Å². The zero-order chi connectivity index (χ0) is 32.9. The lowest BCUT2D eigenvalue weighted by molar-refractivity contribution is -0.0765. The molecule has 10 N–H and O–H groups in total. The third kappa shape index (κ3) is 3.23. The molecule has 0 radical (unpaired) electrons. The SMILES string of the molecule is CN1CN(C)c2c3cccc(N)c3c(C3C(O)C(c4c5c(N)ccc6c5c5c7c(ccc(N)c47)CCN5CC6)C3O)c3c(N)ccc1c23. The smallest absolute Gasteiger partial charge is 0.0897 e. The maximum absolute atomic E-state index is 12.6. The molecule has 4 aliphatic rings. The number of fused-ring (bicyclic) bond motifs is 2. The van der Waals surface area contributed by atoms with Crippen molar-refractivity contribution in [3.05, 3.63) is 76.9 Å². The first-order valence-electron chi connectivity index (χ1n) is 16.8. The molecule has 3 aliphatic heterocycles. The first-order valence-corrected chi connectivity index (χ1v) is 16.8. The fourth-order valence-corrected chi connectivity index (χ4v) is 9.97. The van der Waals surface area contributed by atoms with Gasteiger partial charge in [-0.2, -0.15) is 0 Å². The van der Waals surface area contributed by atoms with Gasteiger partial charge in [-0.1, -0.05) is 24.3 Å². The quantitative estimate of drug-likeness (QED) is 0.114. The highest BCUT2D eigenvalue weighted by molar-refractivity contribution is 6.25. The Hall–Kier alpha value is -5.12. The zero-order valence-corrected chi connectivity index (χ0v) is 27.1. The zero-order valence-electron chi connectivity index (χ0n) is 27.1. The second-order valence-electron chi connectivity index (χ2n) is 14.4. The molecule has 2 unspecified atom stereocenters. The Balaban J connectivity index is 1.27. The number of nitrogens with two attached hydrogens (primary N) is 4. The van der Waals surface area contributed by atoms with E-state index in [1.807, 2.05) is 30.3 Å². The van der Waals surface area contributed by atoms with Crippen molar-refractivity contribution in [1.29, 1.82) is 0 Å². The molecule has 242 valence electrons. The van der Waals surface area contributed by atoms with E-state index in [0.717, 1.165) is 91.5 Å². The summed E-state index contributed by atoms with van der Waals surface area (Å²) in [6.45, 7) is 2.58. The Morgan fingerprint density at radius 2 is 1.08 bits per heavy atom. The maximum Gasteiger partial charge on any atom is 0.0897 e. The summed E-state index contributed by atoms with van der Waals surface area (Å²) in [5.41, 5.74) is 37.3. The number of hydrogen-bond donors (Lipinski definition) is 6. The Morgan fingerprint density at radius 1 is 0.562 bits per heavy atom. The van der Waals surface area contributed by atoms with E-state index in [9.17, 15) is 10.2 Å². The second kappa shape index (κ2) is 9.27. The van der Waals surface area contributed by atoms with Crippen LogP contribution in [0.5, 0.6) is 0 Å². The van der Waals surface area contributed by atoms with Crippen LogP contribution in [0.25, 0.3) is 43.1 Å². The number of aliphatic hydroxyl groups is 2. The monoisotopic (exact) mass is 637 g/mol. The highest BCUT2D eigenvalue weighted by Crippen LogP contribution is 2.60. The lowest BCUT2D eigenvalue weighted by Crippen LogP contribution is -2.52. The molecule has 0 aromatic heterocycles. The van der Waals surface area contributed by atoms with Crippen LogP contribution in [0.3, 0.4) is 0 Å². The van der Waals surface area contributed by atoms with Crippen molar-refractivity contribution in [2.24, 2.45) is 0 Å². The summed E-state index contributed by atoms with van der Waals surface area (Å²) in [6.07, 6.45) is -0.0788. The van der Waals surface area contributed by atoms with Crippen LogP contribution in [0.1, 0.15) is 34.1 Å². The minimum absolute atomic E-state index is 0.591. The Morgan fingerprint density at radius 3 is 1.69 bits per heavy atom. The van der Waals surface area contributed by atoms with Crippen molar-refractivity contribution in [1.82, 2.24) is 0 Å². The van der Waals surface area contributed by atoms with E-state index in [4.69, 9.17) is 22.9 Å². The summed E-state index contributed by atoms with van der Waals surface area (Å²) in [5.74, 6) is -1.28.